The van der Waals surface area contributed by atoms with E-state index in [1.54, 1.807) is 17.8 Å². The van der Waals surface area contributed by atoms with Crippen LogP contribution in [0.5, 0.6) is 17.4 Å². The molecule has 1 saturated carbocycles. The third-order valence-corrected chi connectivity index (χ3v) is 6.62. The van der Waals surface area contributed by atoms with Crippen molar-refractivity contribution in [1.82, 2.24) is 14.6 Å². The van der Waals surface area contributed by atoms with Gasteiger partial charge < -0.3 is 24.8 Å². The average molecular weight is 552 g/mol. The van der Waals surface area contributed by atoms with Crippen LogP contribution < -0.4 is 20.1 Å². The number of rotatable bonds is 11. The molecule has 1 aliphatic carbocycles. The van der Waals surface area contributed by atoms with Gasteiger partial charge in [-0.3, -0.25) is 9.59 Å². The van der Waals surface area contributed by atoms with E-state index in [0.29, 0.717) is 49.4 Å². The number of aromatic nitrogens is 3. The van der Waals surface area contributed by atoms with Gasteiger partial charge in [0.15, 0.2) is 11.6 Å². The number of carbonyl (C=O) groups excluding carboxylic acids is 2. The van der Waals surface area contributed by atoms with Crippen LogP contribution in [0.3, 0.4) is 0 Å². The van der Waals surface area contributed by atoms with Crippen LogP contribution in [-0.2, 0) is 14.3 Å². The van der Waals surface area contributed by atoms with Gasteiger partial charge in [-0.05, 0) is 56.2 Å². The van der Waals surface area contributed by atoms with E-state index in [1.165, 1.54) is 42.7 Å². The fourth-order valence-corrected chi connectivity index (χ4v) is 4.19. The van der Waals surface area contributed by atoms with E-state index in [-0.39, 0.29) is 17.3 Å². The first-order valence-corrected chi connectivity index (χ1v) is 12.6. The highest BCUT2D eigenvalue weighted by Gasteiger charge is 2.56. The Hall–Kier alpha value is -4.58. The number of methoxy groups -OCH3 is 1. The molecule has 40 heavy (non-hydrogen) atoms. The van der Waals surface area contributed by atoms with Gasteiger partial charge in [0, 0.05) is 43.1 Å². The third-order valence-electron chi connectivity index (χ3n) is 6.62. The summed E-state index contributed by atoms with van der Waals surface area (Å²) in [6.45, 7) is 2.85. The molecule has 0 aliphatic heterocycles. The number of nitrogens with one attached hydrogen (secondary N) is 2. The number of halogens is 2. The molecule has 1 aliphatic rings. The van der Waals surface area contributed by atoms with Crippen LogP contribution in [0, 0.1) is 24.0 Å². The van der Waals surface area contributed by atoms with Gasteiger partial charge in [-0.2, -0.15) is 10.1 Å². The largest absolute Gasteiger partial charge is 0.492 e. The van der Waals surface area contributed by atoms with E-state index >= 15 is 4.39 Å². The number of nitrogens with zero attached hydrogens (tertiary/aromatic N) is 3. The van der Waals surface area contributed by atoms with E-state index in [2.05, 4.69) is 20.7 Å². The Morgan fingerprint density at radius 1 is 1.00 bits per heavy atom. The summed E-state index contributed by atoms with van der Waals surface area (Å²) in [6.07, 6.45) is 4.38. The fourth-order valence-electron chi connectivity index (χ4n) is 4.19. The predicted octanol–water partition coefficient (Wildman–Crippen LogP) is 4.88. The molecule has 2 aromatic carbocycles. The lowest BCUT2D eigenvalue weighted by Crippen LogP contribution is -2.35. The molecule has 0 unspecified atom stereocenters. The number of amides is 2. The molecular weight excluding hydrogens is 524 g/mol. The van der Waals surface area contributed by atoms with Gasteiger partial charge >= 0.3 is 0 Å². The summed E-state index contributed by atoms with van der Waals surface area (Å²) in [5, 5.41) is 9.43. The zero-order valence-corrected chi connectivity index (χ0v) is 21.9. The third kappa shape index (κ3) is 5.57. The number of aryl methyl sites for hydroxylation is 1. The van der Waals surface area contributed by atoms with Crippen molar-refractivity contribution in [3.63, 3.8) is 0 Å². The molecule has 4 aromatic rings. The van der Waals surface area contributed by atoms with Crippen molar-refractivity contribution >= 4 is 28.7 Å². The molecule has 2 heterocycles. The normalized spacial score (nSPS) is 13.6. The maximum absolute atomic E-state index is 15.0. The number of ether oxygens (including phenoxy) is 3. The number of hydrogen-bond donors (Lipinski definition) is 2. The lowest BCUT2D eigenvalue weighted by molar-refractivity contribution is -0.131. The van der Waals surface area contributed by atoms with Crippen molar-refractivity contribution in [1.29, 1.82) is 0 Å². The Balaban J connectivity index is 1.27. The Kier molecular flexibility index (Phi) is 7.60. The van der Waals surface area contributed by atoms with Crippen LogP contribution in [-0.4, -0.2) is 46.7 Å². The maximum atomic E-state index is 15.0. The average Bonchev–Trinajstić information content (AvgIpc) is 3.69. The van der Waals surface area contributed by atoms with E-state index in [1.807, 2.05) is 6.92 Å². The molecule has 1 fully saturated rings. The summed E-state index contributed by atoms with van der Waals surface area (Å²) >= 11 is 0. The van der Waals surface area contributed by atoms with E-state index in [9.17, 15) is 14.0 Å². The molecule has 12 heteroatoms. The highest BCUT2D eigenvalue weighted by Crippen LogP contribution is 2.47. The van der Waals surface area contributed by atoms with Gasteiger partial charge in [-0.15, -0.1) is 0 Å². The number of carbonyl (C=O) groups is 2. The quantitative estimate of drug-likeness (QED) is 0.202. The first kappa shape index (κ1) is 27.0. The Bertz CT molecular complexity index is 1550. The lowest BCUT2D eigenvalue weighted by atomic mass is 10.0. The van der Waals surface area contributed by atoms with Crippen molar-refractivity contribution in [3.8, 4) is 17.4 Å². The molecule has 0 radical (unpaired) electrons. The molecule has 0 saturated heterocycles. The fraction of sp³-hybridized carbons (Fsp3) is 0.286. The van der Waals surface area contributed by atoms with Gasteiger partial charge in [-0.1, -0.05) is 0 Å². The van der Waals surface area contributed by atoms with Crippen molar-refractivity contribution in [2.45, 2.75) is 26.2 Å². The summed E-state index contributed by atoms with van der Waals surface area (Å²) in [5.74, 6) is -1.63. The molecule has 2 N–H and O–H groups in total. The van der Waals surface area contributed by atoms with Crippen molar-refractivity contribution in [3.05, 3.63) is 72.2 Å². The maximum Gasteiger partial charge on any atom is 0.247 e. The minimum atomic E-state index is -1.28. The first-order chi connectivity index (χ1) is 19.3. The number of fused-ring (bicyclic) bond motifs is 1. The first-order valence-electron chi connectivity index (χ1n) is 12.6. The highest BCUT2D eigenvalue weighted by atomic mass is 19.1. The molecule has 0 bridgehead atoms. The number of hydrogen-bond acceptors (Lipinski definition) is 7. The van der Waals surface area contributed by atoms with Gasteiger partial charge in [-0.25, -0.2) is 13.3 Å². The topological polar surface area (TPSA) is 116 Å². The van der Waals surface area contributed by atoms with Crippen LogP contribution in [0.4, 0.5) is 20.2 Å². The number of anilines is 2. The summed E-state index contributed by atoms with van der Waals surface area (Å²) in [5.41, 5.74) is 0.506. The van der Waals surface area contributed by atoms with Crippen molar-refractivity contribution in [2.24, 2.45) is 5.41 Å². The molecule has 208 valence electrons. The van der Waals surface area contributed by atoms with Crippen LogP contribution in [0.2, 0.25) is 0 Å². The predicted molar refractivity (Wildman–Crippen MR) is 142 cm³/mol. The van der Waals surface area contributed by atoms with Gasteiger partial charge in [0.1, 0.15) is 28.8 Å². The van der Waals surface area contributed by atoms with Crippen molar-refractivity contribution < 1.29 is 32.6 Å². The molecule has 10 nitrogen and oxygen atoms in total. The molecule has 0 spiro atoms. The standard InChI is InChI=1S/C28H27F2N5O5/c1-17-23(39-13-3-12-38-2)15-35-24(17)25(31-16-32-35)40-22-9-8-20(14-21(22)30)34-27(37)28(10-11-28)26(36)33-19-6-4-18(29)5-7-19/h4-9,14-16H,3,10-13H2,1-2H3,(H,33,36)(H,34,37). The van der Waals surface area contributed by atoms with Gasteiger partial charge in [0.05, 0.1) is 12.8 Å². The zero-order chi connectivity index (χ0) is 28.3. The van der Waals surface area contributed by atoms with E-state index in [4.69, 9.17) is 14.2 Å². The second-order valence-corrected chi connectivity index (χ2v) is 9.42. The van der Waals surface area contributed by atoms with Gasteiger partial charge in [0.25, 0.3) is 0 Å². The number of benzene rings is 2. The highest BCUT2D eigenvalue weighted by molar-refractivity contribution is 6.16. The summed E-state index contributed by atoms with van der Waals surface area (Å²) in [7, 11) is 1.62. The zero-order valence-electron chi connectivity index (χ0n) is 21.9. The van der Waals surface area contributed by atoms with Gasteiger partial charge in [0.2, 0.25) is 17.7 Å². The van der Waals surface area contributed by atoms with E-state index in [0.717, 1.165) is 11.6 Å². The Morgan fingerprint density at radius 3 is 2.38 bits per heavy atom. The Morgan fingerprint density at radius 2 is 1.70 bits per heavy atom. The molecular formula is C28H27F2N5O5. The minimum Gasteiger partial charge on any atom is -0.492 e. The van der Waals surface area contributed by atoms with Crippen LogP contribution in [0.25, 0.3) is 5.52 Å². The summed E-state index contributed by atoms with van der Waals surface area (Å²) in [6, 6.07) is 9.18. The van der Waals surface area contributed by atoms with Crippen LogP contribution in [0.1, 0.15) is 24.8 Å². The Labute approximate surface area is 228 Å². The SMILES string of the molecule is COCCCOc1cn2ncnc(Oc3ccc(NC(=O)C4(C(=O)Nc5ccc(F)cc5)CC4)cc3F)c2c1C. The summed E-state index contributed by atoms with van der Waals surface area (Å²) in [4.78, 5) is 29.9. The van der Waals surface area contributed by atoms with Crippen LogP contribution >= 0.6 is 0 Å². The molecule has 0 atom stereocenters. The minimum absolute atomic E-state index is 0.114. The van der Waals surface area contributed by atoms with E-state index < -0.39 is 28.9 Å². The molecule has 2 amide bonds. The molecule has 5 rings (SSSR count). The lowest BCUT2D eigenvalue weighted by Gasteiger charge is -2.16. The second kappa shape index (κ2) is 11.3. The van der Waals surface area contributed by atoms with Crippen LogP contribution in [0.15, 0.2) is 55.0 Å². The second-order valence-electron chi connectivity index (χ2n) is 9.42. The monoisotopic (exact) mass is 551 g/mol. The van der Waals surface area contributed by atoms with Crippen molar-refractivity contribution in [2.75, 3.05) is 31.0 Å². The smallest absolute Gasteiger partial charge is 0.247 e. The molecule has 2 aromatic heterocycles. The summed E-state index contributed by atoms with van der Waals surface area (Å²) < 4.78 is 46.4.